The molecule has 3 rings (SSSR count). The number of carbonyl (C=O) groups is 2. The molecule has 23 heavy (non-hydrogen) atoms. The summed E-state index contributed by atoms with van der Waals surface area (Å²) in [6.45, 7) is 2.88. The predicted octanol–water partition coefficient (Wildman–Crippen LogP) is 1.60. The Balaban J connectivity index is 1.82. The van der Waals surface area contributed by atoms with Crippen LogP contribution in [0.1, 0.15) is 22.3 Å². The molecule has 0 saturated heterocycles. The number of rotatable bonds is 4. The highest BCUT2D eigenvalue weighted by Gasteiger charge is 2.16. The van der Waals surface area contributed by atoms with Crippen LogP contribution >= 0.6 is 11.3 Å². The second-order valence-corrected chi connectivity index (χ2v) is 5.82. The number of pyridine rings is 1. The molecule has 0 saturated carbocycles. The molecule has 0 aliphatic heterocycles. The second kappa shape index (κ2) is 5.76. The van der Waals surface area contributed by atoms with E-state index >= 15 is 0 Å². The number of aromatic nitrogens is 3. The summed E-state index contributed by atoms with van der Waals surface area (Å²) in [5, 5.41) is 2.89. The van der Waals surface area contributed by atoms with E-state index < -0.39 is 11.7 Å². The summed E-state index contributed by atoms with van der Waals surface area (Å²) in [4.78, 5) is 44.0. The summed E-state index contributed by atoms with van der Waals surface area (Å²) in [5.41, 5.74) is 1.17. The monoisotopic (exact) mass is 332 g/mol. The predicted molar refractivity (Wildman–Crippen MR) is 83.8 cm³/mol. The van der Waals surface area contributed by atoms with E-state index in [1.807, 2.05) is 0 Å². The summed E-state index contributed by atoms with van der Waals surface area (Å²) in [6, 6.07) is 3.23. The number of oxazole rings is 1. The smallest absolute Gasteiger partial charge is 0.406 e. The molecule has 0 spiro atoms. The van der Waals surface area contributed by atoms with Gasteiger partial charge in [0.15, 0.2) is 22.1 Å². The standard InChI is InChI=1S/C14H12N4O4S/c1-7-11(8(2)19)23-13(16-7)17-10(20)6-18-12-9(22-14(18)21)4-3-5-15-12/h3-5H,6H2,1-2H3,(H,16,17,20). The number of thiazole rings is 1. The number of hydrogen-bond donors (Lipinski definition) is 1. The first-order valence-electron chi connectivity index (χ1n) is 6.68. The van der Waals surface area contributed by atoms with Gasteiger partial charge in [0.1, 0.15) is 6.54 Å². The van der Waals surface area contributed by atoms with E-state index in [0.29, 0.717) is 26.9 Å². The first-order valence-corrected chi connectivity index (χ1v) is 7.50. The van der Waals surface area contributed by atoms with Crippen molar-refractivity contribution in [2.24, 2.45) is 0 Å². The van der Waals surface area contributed by atoms with Crippen molar-refractivity contribution in [3.8, 4) is 0 Å². The summed E-state index contributed by atoms with van der Waals surface area (Å²) in [5.74, 6) is -1.22. The Morgan fingerprint density at radius 3 is 2.91 bits per heavy atom. The van der Waals surface area contributed by atoms with Gasteiger partial charge in [-0.05, 0) is 19.1 Å². The molecule has 0 unspecified atom stereocenters. The lowest BCUT2D eigenvalue weighted by molar-refractivity contribution is -0.116. The molecule has 0 aromatic carbocycles. The topological polar surface area (TPSA) is 107 Å². The van der Waals surface area contributed by atoms with Crippen molar-refractivity contribution in [2.45, 2.75) is 20.4 Å². The third-order valence-corrected chi connectivity index (χ3v) is 4.26. The van der Waals surface area contributed by atoms with Crippen LogP contribution < -0.4 is 11.1 Å². The Morgan fingerprint density at radius 1 is 1.43 bits per heavy atom. The number of fused-ring (bicyclic) bond motifs is 1. The molecule has 0 fully saturated rings. The molecule has 1 amide bonds. The maximum Gasteiger partial charge on any atom is 0.421 e. The molecule has 118 valence electrons. The van der Waals surface area contributed by atoms with Gasteiger partial charge in [-0.25, -0.2) is 19.3 Å². The lowest BCUT2D eigenvalue weighted by Gasteiger charge is -2.01. The first kappa shape index (κ1) is 15.1. The van der Waals surface area contributed by atoms with Gasteiger partial charge in [-0.2, -0.15) is 0 Å². The minimum absolute atomic E-state index is 0.109. The summed E-state index contributed by atoms with van der Waals surface area (Å²) in [7, 11) is 0. The molecular weight excluding hydrogens is 320 g/mol. The molecule has 8 nitrogen and oxygen atoms in total. The van der Waals surface area contributed by atoms with Crippen LogP contribution in [0.4, 0.5) is 5.13 Å². The average molecular weight is 332 g/mol. The number of Topliss-reactive ketones (excluding diaryl/α,β-unsaturated/α-hetero) is 1. The Hall–Kier alpha value is -2.81. The van der Waals surface area contributed by atoms with Gasteiger partial charge in [0.25, 0.3) is 0 Å². The van der Waals surface area contributed by atoms with Crippen molar-refractivity contribution < 1.29 is 14.0 Å². The molecule has 3 heterocycles. The number of ketones is 1. The third-order valence-electron chi connectivity index (χ3n) is 3.09. The van der Waals surface area contributed by atoms with Crippen LogP contribution in [0.5, 0.6) is 0 Å². The Kier molecular flexibility index (Phi) is 3.78. The van der Waals surface area contributed by atoms with E-state index in [1.165, 1.54) is 13.1 Å². The van der Waals surface area contributed by atoms with Gasteiger partial charge in [0.2, 0.25) is 5.91 Å². The van der Waals surface area contributed by atoms with Crippen molar-refractivity contribution in [1.29, 1.82) is 0 Å². The van der Waals surface area contributed by atoms with Crippen LogP contribution in [-0.2, 0) is 11.3 Å². The Labute approximate surface area is 133 Å². The van der Waals surface area contributed by atoms with Crippen LogP contribution in [-0.4, -0.2) is 26.2 Å². The number of nitrogens with zero attached hydrogens (tertiary/aromatic N) is 3. The van der Waals surface area contributed by atoms with Crippen molar-refractivity contribution in [3.05, 3.63) is 39.5 Å². The number of hydrogen-bond acceptors (Lipinski definition) is 7. The highest BCUT2D eigenvalue weighted by atomic mass is 32.1. The summed E-state index contributed by atoms with van der Waals surface area (Å²) in [6.07, 6.45) is 1.51. The van der Waals surface area contributed by atoms with Crippen LogP contribution in [0.25, 0.3) is 11.2 Å². The van der Waals surface area contributed by atoms with Crippen LogP contribution in [0, 0.1) is 6.92 Å². The fourth-order valence-corrected chi connectivity index (χ4v) is 3.00. The number of carbonyl (C=O) groups excluding carboxylic acids is 2. The molecule has 0 aliphatic carbocycles. The molecule has 0 bridgehead atoms. The van der Waals surface area contributed by atoms with Gasteiger partial charge < -0.3 is 9.73 Å². The first-order chi connectivity index (χ1) is 11.0. The number of amides is 1. The molecule has 9 heteroatoms. The minimum atomic E-state index is -0.659. The largest absolute Gasteiger partial charge is 0.421 e. The van der Waals surface area contributed by atoms with Gasteiger partial charge >= 0.3 is 5.76 Å². The minimum Gasteiger partial charge on any atom is -0.406 e. The Bertz CT molecular complexity index is 969. The van der Waals surface area contributed by atoms with Crippen molar-refractivity contribution in [2.75, 3.05) is 5.32 Å². The molecule has 0 aliphatic rings. The summed E-state index contributed by atoms with van der Waals surface area (Å²) >= 11 is 1.10. The van der Waals surface area contributed by atoms with Crippen LogP contribution in [0.2, 0.25) is 0 Å². The SMILES string of the molecule is CC(=O)c1sc(NC(=O)Cn2c(=O)oc3cccnc32)nc1C. The molecule has 1 N–H and O–H groups in total. The van der Waals surface area contributed by atoms with E-state index in [0.717, 1.165) is 15.9 Å². The van der Waals surface area contributed by atoms with Crippen LogP contribution in [0.3, 0.4) is 0 Å². The van der Waals surface area contributed by atoms with E-state index in [1.54, 1.807) is 19.1 Å². The molecule has 3 aromatic heterocycles. The fraction of sp³-hybridized carbons (Fsp3) is 0.214. The number of nitrogens with one attached hydrogen (secondary N) is 1. The average Bonchev–Trinajstić information content (AvgIpc) is 3.00. The molecule has 0 radical (unpaired) electrons. The third kappa shape index (κ3) is 2.90. The second-order valence-electron chi connectivity index (χ2n) is 4.82. The summed E-state index contributed by atoms with van der Waals surface area (Å²) < 4.78 is 6.15. The van der Waals surface area contributed by atoms with E-state index in [2.05, 4.69) is 15.3 Å². The van der Waals surface area contributed by atoms with Crippen molar-refractivity contribution in [3.63, 3.8) is 0 Å². The van der Waals surface area contributed by atoms with E-state index in [-0.39, 0.29) is 12.3 Å². The number of aryl methyl sites for hydroxylation is 1. The normalized spacial score (nSPS) is 10.9. The number of anilines is 1. The lowest BCUT2D eigenvalue weighted by atomic mass is 10.3. The highest BCUT2D eigenvalue weighted by molar-refractivity contribution is 7.17. The quantitative estimate of drug-likeness (QED) is 0.727. The zero-order valence-corrected chi connectivity index (χ0v) is 13.1. The van der Waals surface area contributed by atoms with Crippen molar-refractivity contribution in [1.82, 2.24) is 14.5 Å². The Morgan fingerprint density at radius 2 is 2.22 bits per heavy atom. The maximum absolute atomic E-state index is 12.1. The van der Waals surface area contributed by atoms with Crippen LogP contribution in [0.15, 0.2) is 27.5 Å². The maximum atomic E-state index is 12.1. The van der Waals surface area contributed by atoms with Gasteiger partial charge in [-0.15, -0.1) is 0 Å². The van der Waals surface area contributed by atoms with E-state index in [4.69, 9.17) is 4.42 Å². The molecule has 3 aromatic rings. The van der Waals surface area contributed by atoms with Gasteiger partial charge in [-0.1, -0.05) is 11.3 Å². The van der Waals surface area contributed by atoms with Crippen molar-refractivity contribution >= 4 is 39.4 Å². The van der Waals surface area contributed by atoms with Gasteiger partial charge in [0.05, 0.1) is 10.6 Å². The highest BCUT2D eigenvalue weighted by Crippen LogP contribution is 2.22. The van der Waals surface area contributed by atoms with Gasteiger partial charge in [0, 0.05) is 13.1 Å². The molecule has 0 atom stereocenters. The van der Waals surface area contributed by atoms with E-state index in [9.17, 15) is 14.4 Å². The fourth-order valence-electron chi connectivity index (χ4n) is 2.12. The zero-order valence-electron chi connectivity index (χ0n) is 12.3. The zero-order chi connectivity index (χ0) is 16.6. The lowest BCUT2D eigenvalue weighted by Crippen LogP contribution is -2.25. The molecular formula is C14H12N4O4S. The van der Waals surface area contributed by atoms with Gasteiger partial charge in [-0.3, -0.25) is 9.59 Å².